The van der Waals surface area contributed by atoms with Crippen molar-refractivity contribution in [3.05, 3.63) is 41.0 Å². The first kappa shape index (κ1) is 11.1. The molecule has 0 bridgehead atoms. The number of aldehydes is 1. The topological polar surface area (TPSA) is 17.1 Å². The van der Waals surface area contributed by atoms with Crippen molar-refractivity contribution in [1.82, 2.24) is 0 Å². The van der Waals surface area contributed by atoms with Gasteiger partial charge in [0.25, 0.3) is 0 Å². The Morgan fingerprint density at radius 3 is 1.94 bits per heavy atom. The first-order chi connectivity index (χ1) is 7.88. The Labute approximate surface area is 97.2 Å². The molecule has 1 aromatic carbocycles. The summed E-state index contributed by atoms with van der Waals surface area (Å²) in [6.45, 7) is 0. The molecule has 0 spiro atoms. The fourth-order valence-electron chi connectivity index (χ4n) is 2.23. The summed E-state index contributed by atoms with van der Waals surface area (Å²) >= 11 is 0. The van der Waals surface area contributed by atoms with Crippen molar-refractivity contribution >= 4 is 12.4 Å². The number of benzene rings is 1. The van der Waals surface area contributed by atoms with Crippen LogP contribution in [0.15, 0.2) is 29.8 Å². The molecular formula is C15H18O. The molecule has 1 fully saturated rings. The molecule has 1 heteroatoms. The first-order valence-corrected chi connectivity index (χ1v) is 6.13. The maximum absolute atomic E-state index is 10.5. The van der Waals surface area contributed by atoms with Gasteiger partial charge in [-0.25, -0.2) is 0 Å². The molecule has 0 aromatic heterocycles. The minimum absolute atomic E-state index is 0.753. The average molecular weight is 214 g/mol. The van der Waals surface area contributed by atoms with Crippen molar-refractivity contribution < 1.29 is 4.79 Å². The fourth-order valence-corrected chi connectivity index (χ4v) is 2.23. The lowest BCUT2D eigenvalue weighted by Gasteiger charge is -2.02. The second-order valence-electron chi connectivity index (χ2n) is 4.50. The van der Waals surface area contributed by atoms with Crippen LogP contribution in [0.4, 0.5) is 0 Å². The third-order valence-electron chi connectivity index (χ3n) is 3.19. The quantitative estimate of drug-likeness (QED) is 0.531. The van der Waals surface area contributed by atoms with Crippen LogP contribution in [-0.4, -0.2) is 6.29 Å². The normalized spacial score (nSPS) is 16.6. The number of carbonyl (C=O) groups excluding carboxylic acids is 1. The molecule has 1 aliphatic carbocycles. The minimum atomic E-state index is 0.753. The van der Waals surface area contributed by atoms with E-state index in [0.717, 1.165) is 11.8 Å². The van der Waals surface area contributed by atoms with E-state index in [0.29, 0.717) is 0 Å². The molecule has 0 aliphatic heterocycles. The highest BCUT2D eigenvalue weighted by atomic mass is 16.1. The first-order valence-electron chi connectivity index (χ1n) is 6.13. The van der Waals surface area contributed by atoms with Crippen LogP contribution in [0.1, 0.15) is 54.4 Å². The van der Waals surface area contributed by atoms with E-state index >= 15 is 0 Å². The van der Waals surface area contributed by atoms with Gasteiger partial charge in [-0.1, -0.05) is 48.8 Å². The zero-order chi connectivity index (χ0) is 11.2. The van der Waals surface area contributed by atoms with Gasteiger partial charge in [0.05, 0.1) is 0 Å². The highest BCUT2D eigenvalue weighted by Crippen LogP contribution is 2.24. The maximum Gasteiger partial charge on any atom is 0.150 e. The number of allylic oxidation sites excluding steroid dienone is 1. The molecule has 16 heavy (non-hydrogen) atoms. The van der Waals surface area contributed by atoms with E-state index in [1.54, 1.807) is 5.57 Å². The Kier molecular flexibility index (Phi) is 3.92. The zero-order valence-electron chi connectivity index (χ0n) is 9.61. The van der Waals surface area contributed by atoms with Gasteiger partial charge >= 0.3 is 0 Å². The molecule has 0 radical (unpaired) electrons. The van der Waals surface area contributed by atoms with Gasteiger partial charge in [-0.15, -0.1) is 0 Å². The van der Waals surface area contributed by atoms with Crippen LogP contribution in [0.2, 0.25) is 0 Å². The molecule has 2 rings (SSSR count). The summed E-state index contributed by atoms with van der Waals surface area (Å²) in [5, 5.41) is 0. The summed E-state index contributed by atoms with van der Waals surface area (Å²) < 4.78 is 0. The number of hydrogen-bond acceptors (Lipinski definition) is 1. The van der Waals surface area contributed by atoms with Crippen molar-refractivity contribution in [2.24, 2.45) is 0 Å². The van der Waals surface area contributed by atoms with Crippen LogP contribution in [0.3, 0.4) is 0 Å². The molecule has 0 unspecified atom stereocenters. The van der Waals surface area contributed by atoms with E-state index in [-0.39, 0.29) is 0 Å². The lowest BCUT2D eigenvalue weighted by atomic mass is 10.0. The zero-order valence-corrected chi connectivity index (χ0v) is 9.61. The van der Waals surface area contributed by atoms with Crippen molar-refractivity contribution in [1.29, 1.82) is 0 Å². The summed E-state index contributed by atoms with van der Waals surface area (Å²) in [6, 6.07) is 7.83. The monoisotopic (exact) mass is 214 g/mol. The fraction of sp³-hybridized carbons (Fsp3) is 0.400. The molecule has 0 atom stereocenters. The highest BCUT2D eigenvalue weighted by molar-refractivity contribution is 5.75. The third kappa shape index (κ3) is 3.06. The highest BCUT2D eigenvalue weighted by Gasteiger charge is 2.03. The van der Waals surface area contributed by atoms with E-state index in [4.69, 9.17) is 0 Å². The predicted octanol–water partition coefficient (Wildman–Crippen LogP) is 4.24. The number of hydrogen-bond donors (Lipinski definition) is 0. The molecule has 0 N–H and O–H groups in total. The van der Waals surface area contributed by atoms with Crippen LogP contribution >= 0.6 is 0 Å². The number of carbonyl (C=O) groups is 1. The van der Waals surface area contributed by atoms with Gasteiger partial charge in [0.2, 0.25) is 0 Å². The molecule has 84 valence electrons. The average Bonchev–Trinajstić information content (AvgIpc) is 2.59. The second kappa shape index (κ2) is 5.64. The summed E-state index contributed by atoms with van der Waals surface area (Å²) in [6.07, 6.45) is 11.1. The van der Waals surface area contributed by atoms with Gasteiger partial charge in [0, 0.05) is 5.56 Å². The molecule has 1 aromatic rings. The maximum atomic E-state index is 10.5. The van der Waals surface area contributed by atoms with Gasteiger partial charge < -0.3 is 0 Å². The van der Waals surface area contributed by atoms with Crippen molar-refractivity contribution in [2.45, 2.75) is 38.5 Å². The summed E-state index contributed by atoms with van der Waals surface area (Å²) in [7, 11) is 0. The Balaban J connectivity index is 2.10. The van der Waals surface area contributed by atoms with Crippen LogP contribution in [0.25, 0.3) is 6.08 Å². The van der Waals surface area contributed by atoms with Crippen molar-refractivity contribution in [3.63, 3.8) is 0 Å². The lowest BCUT2D eigenvalue weighted by Crippen LogP contribution is -1.83. The van der Waals surface area contributed by atoms with Gasteiger partial charge in [-0.2, -0.15) is 0 Å². The van der Waals surface area contributed by atoms with Gasteiger partial charge in [-0.05, 0) is 31.2 Å². The predicted molar refractivity (Wildman–Crippen MR) is 67.5 cm³/mol. The smallest absolute Gasteiger partial charge is 0.150 e. The molecule has 0 amide bonds. The lowest BCUT2D eigenvalue weighted by molar-refractivity contribution is 0.112. The summed E-state index contributed by atoms with van der Waals surface area (Å²) in [5.74, 6) is 0. The van der Waals surface area contributed by atoms with E-state index in [1.165, 1.54) is 44.1 Å². The van der Waals surface area contributed by atoms with Crippen LogP contribution in [-0.2, 0) is 0 Å². The molecule has 0 heterocycles. The van der Waals surface area contributed by atoms with E-state index < -0.39 is 0 Å². The van der Waals surface area contributed by atoms with Gasteiger partial charge in [0.15, 0.2) is 0 Å². The van der Waals surface area contributed by atoms with E-state index in [9.17, 15) is 4.79 Å². The van der Waals surface area contributed by atoms with Crippen molar-refractivity contribution in [3.8, 4) is 0 Å². The van der Waals surface area contributed by atoms with Gasteiger partial charge in [-0.3, -0.25) is 4.79 Å². The Morgan fingerprint density at radius 2 is 1.38 bits per heavy atom. The standard InChI is InChI=1S/C15H18O/c16-12-15-9-7-14(8-10-15)11-13-5-3-1-2-4-6-13/h7-12H,1-6H2. The molecule has 1 aliphatic rings. The SMILES string of the molecule is O=Cc1ccc(C=C2CCCCCC2)cc1. The number of rotatable bonds is 2. The largest absolute Gasteiger partial charge is 0.298 e. The third-order valence-corrected chi connectivity index (χ3v) is 3.19. The molecule has 1 saturated carbocycles. The van der Waals surface area contributed by atoms with Crippen LogP contribution < -0.4 is 0 Å². The van der Waals surface area contributed by atoms with E-state index in [1.807, 2.05) is 24.3 Å². The Morgan fingerprint density at radius 1 is 0.812 bits per heavy atom. The molecule has 0 saturated heterocycles. The van der Waals surface area contributed by atoms with Crippen molar-refractivity contribution in [2.75, 3.05) is 0 Å². The minimum Gasteiger partial charge on any atom is -0.298 e. The molecular weight excluding hydrogens is 196 g/mol. The van der Waals surface area contributed by atoms with Crippen LogP contribution in [0.5, 0.6) is 0 Å². The van der Waals surface area contributed by atoms with Gasteiger partial charge in [0.1, 0.15) is 6.29 Å². The Bertz CT molecular complexity index is 363. The summed E-state index contributed by atoms with van der Waals surface area (Å²) in [4.78, 5) is 10.5. The second-order valence-corrected chi connectivity index (χ2v) is 4.50. The summed E-state index contributed by atoms with van der Waals surface area (Å²) in [5.41, 5.74) is 3.54. The van der Waals surface area contributed by atoms with Crippen LogP contribution in [0, 0.1) is 0 Å². The Hall–Kier alpha value is -1.37. The molecule has 1 nitrogen and oxygen atoms in total. The van der Waals surface area contributed by atoms with E-state index in [2.05, 4.69) is 6.08 Å².